The van der Waals surface area contributed by atoms with Crippen molar-refractivity contribution in [3.8, 4) is 0 Å². The Morgan fingerprint density at radius 3 is 1.96 bits per heavy atom. The SMILES string of the molecule is C=C/C=C\c1c(N=Nc2ccc(N(C)C)cc2)cccc1NCCSSCC[n+]1cccc2c(N=Nc3ccc(N(C)C)cc3)cccc21. The van der Waals surface area contributed by atoms with Gasteiger partial charge in [0, 0.05) is 75.2 Å². The summed E-state index contributed by atoms with van der Waals surface area (Å²) in [5, 5.41) is 22.9. The number of allylic oxidation sites excluding steroid dienone is 2. The van der Waals surface area contributed by atoms with Crippen molar-refractivity contribution < 1.29 is 4.57 Å². The fourth-order valence-corrected chi connectivity index (χ4v) is 6.91. The molecule has 8 nitrogen and oxygen atoms in total. The molecule has 0 aliphatic rings. The summed E-state index contributed by atoms with van der Waals surface area (Å²) in [5.74, 6) is 1.94. The lowest BCUT2D eigenvalue weighted by molar-refractivity contribution is -0.666. The van der Waals surface area contributed by atoms with Gasteiger partial charge in [0.25, 0.3) is 0 Å². The molecular formula is C39H43N8S2+. The number of nitrogens with zero attached hydrogens (tertiary/aromatic N) is 7. The molecule has 0 atom stereocenters. The largest absolute Gasteiger partial charge is 0.384 e. The summed E-state index contributed by atoms with van der Waals surface area (Å²) in [7, 11) is 11.9. The molecule has 4 aromatic carbocycles. The Balaban J connectivity index is 1.13. The molecule has 0 spiro atoms. The van der Waals surface area contributed by atoms with Crippen molar-refractivity contribution in [2.24, 2.45) is 20.5 Å². The van der Waals surface area contributed by atoms with E-state index in [1.807, 2.05) is 123 Å². The van der Waals surface area contributed by atoms with Gasteiger partial charge in [0.2, 0.25) is 5.52 Å². The minimum atomic E-state index is 0.803. The van der Waals surface area contributed by atoms with Crippen molar-refractivity contribution in [2.45, 2.75) is 6.54 Å². The second-order valence-corrected chi connectivity index (χ2v) is 14.2. The van der Waals surface area contributed by atoms with Crippen LogP contribution in [0.15, 0.2) is 142 Å². The first kappa shape index (κ1) is 35.4. The summed E-state index contributed by atoms with van der Waals surface area (Å²) in [6.07, 6.45) is 7.86. The molecule has 0 amide bonds. The van der Waals surface area contributed by atoms with Gasteiger partial charge in [-0.15, -0.1) is 10.2 Å². The number of azo groups is 2. The molecule has 1 aromatic heterocycles. The lowest BCUT2D eigenvalue weighted by Crippen LogP contribution is -2.35. The molecule has 5 rings (SSSR count). The molecule has 0 saturated heterocycles. The normalized spacial score (nSPS) is 11.6. The summed E-state index contributed by atoms with van der Waals surface area (Å²) in [6.45, 7) is 5.57. The highest BCUT2D eigenvalue weighted by Crippen LogP contribution is 2.31. The second-order valence-electron chi connectivity index (χ2n) is 11.5. The van der Waals surface area contributed by atoms with Crippen LogP contribution in [-0.4, -0.2) is 46.2 Å². The fraction of sp³-hybridized carbons (Fsp3) is 0.205. The maximum Gasteiger partial charge on any atom is 0.214 e. The third-order valence-corrected chi connectivity index (χ3v) is 10.0. The fourth-order valence-electron chi connectivity index (χ4n) is 5.04. The van der Waals surface area contributed by atoms with Crippen LogP contribution in [0.5, 0.6) is 0 Å². The number of hydrogen-bond acceptors (Lipinski definition) is 9. The summed E-state index contributed by atoms with van der Waals surface area (Å²) in [4.78, 5) is 4.13. The molecule has 5 aromatic rings. The number of benzene rings is 4. The van der Waals surface area contributed by atoms with Crippen molar-refractivity contribution in [1.29, 1.82) is 0 Å². The molecular weight excluding hydrogens is 645 g/mol. The predicted octanol–water partition coefficient (Wildman–Crippen LogP) is 10.8. The van der Waals surface area contributed by atoms with E-state index in [0.29, 0.717) is 0 Å². The zero-order chi connectivity index (χ0) is 34.4. The highest BCUT2D eigenvalue weighted by molar-refractivity contribution is 8.76. The lowest BCUT2D eigenvalue weighted by Gasteiger charge is -2.12. The third-order valence-electron chi connectivity index (χ3n) is 7.66. The summed E-state index contributed by atoms with van der Waals surface area (Å²) in [6, 6.07) is 32.6. The molecule has 0 fully saturated rings. The van der Waals surface area contributed by atoms with Gasteiger partial charge in [0.15, 0.2) is 12.7 Å². The Bertz CT molecular complexity index is 1920. The van der Waals surface area contributed by atoms with Crippen LogP contribution in [-0.2, 0) is 6.54 Å². The molecule has 1 heterocycles. The number of aryl methyl sites for hydroxylation is 1. The molecule has 0 unspecified atom stereocenters. The first-order valence-electron chi connectivity index (χ1n) is 16.1. The zero-order valence-corrected chi connectivity index (χ0v) is 30.2. The van der Waals surface area contributed by atoms with Crippen molar-refractivity contribution >= 4 is 78.4 Å². The van der Waals surface area contributed by atoms with Gasteiger partial charge in [-0.25, -0.2) is 0 Å². The zero-order valence-electron chi connectivity index (χ0n) is 28.5. The Kier molecular flexibility index (Phi) is 13.0. The number of fused-ring (bicyclic) bond motifs is 1. The number of anilines is 3. The monoisotopic (exact) mass is 687 g/mol. The van der Waals surface area contributed by atoms with Crippen LogP contribution in [0, 0.1) is 0 Å². The quantitative estimate of drug-likeness (QED) is 0.0367. The summed E-state index contributed by atoms with van der Waals surface area (Å²) >= 11 is 0. The molecule has 0 saturated carbocycles. The van der Waals surface area contributed by atoms with E-state index in [4.69, 9.17) is 0 Å². The van der Waals surface area contributed by atoms with Crippen molar-refractivity contribution in [2.75, 3.05) is 61.4 Å². The number of hydrogen-bond donors (Lipinski definition) is 1. The van der Waals surface area contributed by atoms with Gasteiger partial charge in [-0.2, -0.15) is 14.8 Å². The molecule has 250 valence electrons. The number of pyridine rings is 1. The predicted molar refractivity (Wildman–Crippen MR) is 213 cm³/mol. The van der Waals surface area contributed by atoms with Crippen LogP contribution in [0.25, 0.3) is 17.0 Å². The summed E-state index contributed by atoms with van der Waals surface area (Å²) < 4.78 is 2.29. The minimum Gasteiger partial charge on any atom is -0.384 e. The van der Waals surface area contributed by atoms with Gasteiger partial charge in [0.05, 0.1) is 33.9 Å². The van der Waals surface area contributed by atoms with E-state index < -0.39 is 0 Å². The average molecular weight is 688 g/mol. The summed E-state index contributed by atoms with van der Waals surface area (Å²) in [5.41, 5.74) is 8.73. The van der Waals surface area contributed by atoms with Crippen LogP contribution >= 0.6 is 21.6 Å². The Morgan fingerprint density at radius 2 is 1.31 bits per heavy atom. The molecule has 1 N–H and O–H groups in total. The first-order valence-corrected chi connectivity index (χ1v) is 18.6. The van der Waals surface area contributed by atoms with E-state index in [-0.39, 0.29) is 0 Å². The molecule has 0 radical (unpaired) electrons. The van der Waals surface area contributed by atoms with Gasteiger partial charge in [-0.1, -0.05) is 58.5 Å². The van der Waals surface area contributed by atoms with E-state index >= 15 is 0 Å². The maximum atomic E-state index is 4.60. The standard InChI is InChI=1S/C39H43N8S2/c1-6-7-11-34-36(13-8-14-37(34)43-41-30-17-21-32(22-18-30)45(2)3)40-25-28-48-49-29-27-47-26-10-12-35-38(15-9-16-39(35)47)44-42-31-19-23-33(24-20-31)46(4)5/h6-24,26,40H,1,25,27-29H2,2-5H3/q+1/b11-7-,43-41?. The van der Waals surface area contributed by atoms with Gasteiger partial charge >= 0.3 is 0 Å². The van der Waals surface area contributed by atoms with E-state index in [9.17, 15) is 0 Å². The Labute approximate surface area is 297 Å². The maximum absolute atomic E-state index is 4.60. The van der Waals surface area contributed by atoms with Crippen LogP contribution in [0.4, 0.5) is 39.8 Å². The number of rotatable bonds is 16. The molecule has 0 bridgehead atoms. The van der Waals surface area contributed by atoms with Gasteiger partial charge in [-0.3, -0.25) is 0 Å². The topological polar surface area (TPSA) is 71.8 Å². The van der Waals surface area contributed by atoms with Crippen LogP contribution in [0.3, 0.4) is 0 Å². The highest BCUT2D eigenvalue weighted by atomic mass is 33.1. The van der Waals surface area contributed by atoms with Crippen molar-refractivity contribution in [3.05, 3.63) is 128 Å². The van der Waals surface area contributed by atoms with Gasteiger partial charge in [-0.05, 0) is 72.8 Å². The van der Waals surface area contributed by atoms with Gasteiger partial charge < -0.3 is 15.1 Å². The molecule has 10 heteroatoms. The average Bonchev–Trinajstić information content (AvgIpc) is 3.12. The van der Waals surface area contributed by atoms with Gasteiger partial charge in [0.1, 0.15) is 0 Å². The molecule has 0 aliphatic heterocycles. The Hall–Kier alpha value is -4.93. The third kappa shape index (κ3) is 10.0. The van der Waals surface area contributed by atoms with E-state index in [1.54, 1.807) is 6.08 Å². The molecule has 49 heavy (non-hydrogen) atoms. The van der Waals surface area contributed by atoms with E-state index in [0.717, 1.165) is 80.9 Å². The second kappa shape index (κ2) is 18.0. The van der Waals surface area contributed by atoms with Crippen molar-refractivity contribution in [1.82, 2.24) is 0 Å². The molecule has 0 aliphatic carbocycles. The number of aromatic nitrogens is 1. The highest BCUT2D eigenvalue weighted by Gasteiger charge is 2.12. The van der Waals surface area contributed by atoms with Crippen LogP contribution < -0.4 is 19.7 Å². The van der Waals surface area contributed by atoms with E-state index in [2.05, 4.69) is 89.3 Å². The van der Waals surface area contributed by atoms with E-state index in [1.165, 1.54) is 0 Å². The first-order chi connectivity index (χ1) is 23.9. The Morgan fingerprint density at radius 1 is 0.694 bits per heavy atom. The minimum absolute atomic E-state index is 0.803. The number of nitrogens with one attached hydrogen (secondary N) is 1. The lowest BCUT2D eigenvalue weighted by atomic mass is 10.1. The van der Waals surface area contributed by atoms with Crippen LogP contribution in [0.2, 0.25) is 0 Å². The van der Waals surface area contributed by atoms with Crippen LogP contribution in [0.1, 0.15) is 5.56 Å². The van der Waals surface area contributed by atoms with Crippen molar-refractivity contribution in [3.63, 3.8) is 0 Å². The smallest absolute Gasteiger partial charge is 0.214 e.